The Bertz CT molecular complexity index is 602. The Morgan fingerprint density at radius 2 is 1.95 bits per heavy atom. The zero-order valence-electron chi connectivity index (χ0n) is 11.3. The number of rotatable bonds is 6. The molecule has 0 saturated carbocycles. The second-order valence-corrected chi connectivity index (χ2v) is 4.48. The Morgan fingerprint density at radius 3 is 2.57 bits per heavy atom. The van der Waals surface area contributed by atoms with Crippen LogP contribution in [0.2, 0.25) is 0 Å². The number of aromatic nitrogens is 2. The van der Waals surface area contributed by atoms with E-state index >= 15 is 0 Å². The van der Waals surface area contributed by atoms with E-state index in [0.717, 1.165) is 5.56 Å². The first-order valence-electron chi connectivity index (χ1n) is 6.50. The second-order valence-electron chi connectivity index (χ2n) is 4.48. The topological polar surface area (TPSA) is 92.2 Å². The molecule has 1 aromatic heterocycles. The third kappa shape index (κ3) is 4.38. The van der Waals surface area contributed by atoms with Crippen molar-refractivity contribution in [2.45, 2.75) is 18.9 Å². The molecule has 1 unspecified atom stereocenters. The fourth-order valence-electron chi connectivity index (χ4n) is 1.86. The van der Waals surface area contributed by atoms with Crippen molar-refractivity contribution in [3.63, 3.8) is 0 Å². The number of carbonyl (C=O) groups excluding carboxylic acids is 1. The van der Waals surface area contributed by atoms with Gasteiger partial charge in [-0.2, -0.15) is 0 Å². The second kappa shape index (κ2) is 7.14. The zero-order chi connectivity index (χ0) is 15.1. The minimum atomic E-state index is -1.07. The summed E-state index contributed by atoms with van der Waals surface area (Å²) >= 11 is 0. The summed E-state index contributed by atoms with van der Waals surface area (Å²) in [6.07, 6.45) is 5.00. The predicted molar refractivity (Wildman–Crippen MR) is 75.7 cm³/mol. The van der Waals surface area contributed by atoms with Crippen LogP contribution in [0.1, 0.15) is 22.5 Å². The molecule has 1 amide bonds. The molecule has 2 rings (SSSR count). The van der Waals surface area contributed by atoms with Crippen LogP contribution in [0, 0.1) is 0 Å². The lowest BCUT2D eigenvalue weighted by atomic mass is 10.1. The summed E-state index contributed by atoms with van der Waals surface area (Å²) in [5.74, 6) is -1.60. The molecule has 0 saturated heterocycles. The number of carboxylic acids is 1. The van der Waals surface area contributed by atoms with E-state index in [4.69, 9.17) is 0 Å². The van der Waals surface area contributed by atoms with E-state index in [2.05, 4.69) is 15.3 Å². The van der Waals surface area contributed by atoms with Crippen molar-refractivity contribution < 1.29 is 14.7 Å². The number of benzene rings is 1. The number of carbonyl (C=O) groups is 2. The average Bonchev–Trinajstić information content (AvgIpc) is 2.52. The summed E-state index contributed by atoms with van der Waals surface area (Å²) in [4.78, 5) is 30.8. The van der Waals surface area contributed by atoms with Gasteiger partial charge in [0.05, 0.1) is 6.20 Å². The maximum absolute atomic E-state index is 11.9. The van der Waals surface area contributed by atoms with E-state index in [1.165, 1.54) is 18.6 Å². The van der Waals surface area contributed by atoms with E-state index in [0.29, 0.717) is 12.8 Å². The van der Waals surface area contributed by atoms with Crippen LogP contribution in [-0.4, -0.2) is 33.0 Å². The maximum atomic E-state index is 11.9. The summed E-state index contributed by atoms with van der Waals surface area (Å²) in [6, 6.07) is 8.56. The van der Waals surface area contributed by atoms with Crippen LogP contribution >= 0.6 is 0 Å². The lowest BCUT2D eigenvalue weighted by molar-refractivity contribution is -0.139. The van der Waals surface area contributed by atoms with Crippen LogP contribution in [0.15, 0.2) is 48.9 Å². The fraction of sp³-hybridized carbons (Fsp3) is 0.200. The first kappa shape index (κ1) is 14.6. The first-order chi connectivity index (χ1) is 10.2. The van der Waals surface area contributed by atoms with Gasteiger partial charge in [0.25, 0.3) is 5.91 Å². The van der Waals surface area contributed by atoms with Crippen LogP contribution in [0.4, 0.5) is 0 Å². The molecule has 2 aromatic rings. The number of aryl methyl sites for hydroxylation is 1. The van der Waals surface area contributed by atoms with Gasteiger partial charge in [0.2, 0.25) is 0 Å². The molecule has 0 bridgehead atoms. The number of hydrogen-bond donors (Lipinski definition) is 2. The molecule has 1 atom stereocenters. The zero-order valence-corrected chi connectivity index (χ0v) is 11.3. The van der Waals surface area contributed by atoms with Gasteiger partial charge in [0.1, 0.15) is 11.7 Å². The van der Waals surface area contributed by atoms with E-state index in [-0.39, 0.29) is 5.69 Å². The van der Waals surface area contributed by atoms with Gasteiger partial charge in [-0.1, -0.05) is 30.3 Å². The summed E-state index contributed by atoms with van der Waals surface area (Å²) in [6.45, 7) is 0. The van der Waals surface area contributed by atoms with Gasteiger partial charge in [0, 0.05) is 12.4 Å². The van der Waals surface area contributed by atoms with Gasteiger partial charge in [-0.15, -0.1) is 0 Å². The van der Waals surface area contributed by atoms with Crippen LogP contribution < -0.4 is 5.32 Å². The predicted octanol–water partition coefficient (Wildman–Crippen LogP) is 1.29. The van der Waals surface area contributed by atoms with Crippen LogP contribution in [-0.2, 0) is 11.2 Å². The monoisotopic (exact) mass is 285 g/mol. The van der Waals surface area contributed by atoms with E-state index in [1.54, 1.807) is 0 Å². The van der Waals surface area contributed by atoms with Gasteiger partial charge in [-0.25, -0.2) is 9.78 Å². The molecule has 21 heavy (non-hydrogen) atoms. The van der Waals surface area contributed by atoms with Gasteiger partial charge in [-0.05, 0) is 18.4 Å². The summed E-state index contributed by atoms with van der Waals surface area (Å²) in [5.41, 5.74) is 1.13. The number of nitrogens with one attached hydrogen (secondary N) is 1. The molecule has 108 valence electrons. The molecule has 2 N–H and O–H groups in total. The van der Waals surface area contributed by atoms with Crippen molar-refractivity contribution in [1.82, 2.24) is 15.3 Å². The molecule has 0 spiro atoms. The minimum absolute atomic E-state index is 0.100. The Hall–Kier alpha value is -2.76. The number of nitrogens with zero attached hydrogens (tertiary/aromatic N) is 2. The van der Waals surface area contributed by atoms with Gasteiger partial charge in [-0.3, -0.25) is 9.78 Å². The normalized spacial score (nSPS) is 11.6. The number of amides is 1. The lowest BCUT2D eigenvalue weighted by Crippen LogP contribution is -2.41. The van der Waals surface area contributed by atoms with Crippen molar-refractivity contribution in [1.29, 1.82) is 0 Å². The SMILES string of the molecule is O=C(NC(CCc1ccccc1)C(=O)O)c1cnccn1. The highest BCUT2D eigenvalue weighted by Gasteiger charge is 2.21. The van der Waals surface area contributed by atoms with Crippen molar-refractivity contribution >= 4 is 11.9 Å². The molecule has 6 nitrogen and oxygen atoms in total. The largest absolute Gasteiger partial charge is 0.480 e. The third-order valence-electron chi connectivity index (χ3n) is 2.96. The Balaban J connectivity index is 1.96. The lowest BCUT2D eigenvalue weighted by Gasteiger charge is -2.14. The van der Waals surface area contributed by atoms with Crippen molar-refractivity contribution in [2.24, 2.45) is 0 Å². The quantitative estimate of drug-likeness (QED) is 0.834. The van der Waals surface area contributed by atoms with Gasteiger partial charge in [0.15, 0.2) is 0 Å². The highest BCUT2D eigenvalue weighted by molar-refractivity contribution is 5.94. The smallest absolute Gasteiger partial charge is 0.326 e. The van der Waals surface area contributed by atoms with E-state index in [9.17, 15) is 14.7 Å². The molecular formula is C15H15N3O3. The summed E-state index contributed by atoms with van der Waals surface area (Å²) in [7, 11) is 0. The standard InChI is InChI=1S/C15H15N3O3/c19-14(13-10-16-8-9-17-13)18-12(15(20)21)7-6-11-4-2-1-3-5-11/h1-5,8-10,12H,6-7H2,(H,18,19)(H,20,21). The van der Waals surface area contributed by atoms with Crippen molar-refractivity contribution in [3.05, 3.63) is 60.2 Å². The van der Waals surface area contributed by atoms with Crippen LogP contribution in [0.3, 0.4) is 0 Å². The molecular weight excluding hydrogens is 270 g/mol. The number of hydrogen-bond acceptors (Lipinski definition) is 4. The van der Waals surface area contributed by atoms with Gasteiger partial charge < -0.3 is 10.4 Å². The summed E-state index contributed by atoms with van der Waals surface area (Å²) < 4.78 is 0. The Labute approximate surface area is 121 Å². The molecule has 0 aliphatic carbocycles. The molecule has 0 aliphatic heterocycles. The van der Waals surface area contributed by atoms with Gasteiger partial charge >= 0.3 is 5.97 Å². The summed E-state index contributed by atoms with van der Waals surface area (Å²) in [5, 5.41) is 11.7. The van der Waals surface area contributed by atoms with Crippen LogP contribution in [0.25, 0.3) is 0 Å². The molecule has 0 radical (unpaired) electrons. The van der Waals surface area contributed by atoms with Crippen molar-refractivity contribution in [2.75, 3.05) is 0 Å². The molecule has 0 fully saturated rings. The Kier molecular flexibility index (Phi) is 4.98. The van der Waals surface area contributed by atoms with Crippen LogP contribution in [0.5, 0.6) is 0 Å². The molecule has 6 heteroatoms. The molecule has 1 heterocycles. The highest BCUT2D eigenvalue weighted by Crippen LogP contribution is 2.06. The average molecular weight is 285 g/mol. The van der Waals surface area contributed by atoms with E-state index in [1.807, 2.05) is 30.3 Å². The third-order valence-corrected chi connectivity index (χ3v) is 2.96. The number of aliphatic carboxylic acids is 1. The molecule has 0 aliphatic rings. The van der Waals surface area contributed by atoms with E-state index < -0.39 is 17.9 Å². The minimum Gasteiger partial charge on any atom is -0.480 e. The number of carboxylic acid groups (broad SMARTS) is 1. The Morgan fingerprint density at radius 1 is 1.19 bits per heavy atom. The molecule has 1 aromatic carbocycles. The maximum Gasteiger partial charge on any atom is 0.326 e. The fourth-order valence-corrected chi connectivity index (χ4v) is 1.86. The first-order valence-corrected chi connectivity index (χ1v) is 6.50. The van der Waals surface area contributed by atoms with Crippen molar-refractivity contribution in [3.8, 4) is 0 Å². The highest BCUT2D eigenvalue weighted by atomic mass is 16.4.